The summed E-state index contributed by atoms with van der Waals surface area (Å²) in [5, 5.41) is 19.2. The Bertz CT molecular complexity index is 612. The maximum Gasteiger partial charge on any atom is 0.305 e. The third kappa shape index (κ3) is 10.1. The van der Waals surface area contributed by atoms with Gasteiger partial charge in [-0.3, -0.25) is 4.79 Å². The highest BCUT2D eigenvalue weighted by Crippen LogP contribution is 2.37. The fourth-order valence-corrected chi connectivity index (χ4v) is 3.98. The summed E-state index contributed by atoms with van der Waals surface area (Å²) in [6.07, 6.45) is 20.7. The number of ether oxygens (including phenoxy) is 1. The van der Waals surface area contributed by atoms with Crippen LogP contribution in [0.1, 0.15) is 90.9 Å². The van der Waals surface area contributed by atoms with E-state index in [2.05, 4.69) is 50.3 Å². The molecule has 1 aliphatic carbocycles. The Kier molecular flexibility index (Phi) is 14.5. The summed E-state index contributed by atoms with van der Waals surface area (Å²) in [5.74, 6) is -0.235. The van der Waals surface area contributed by atoms with E-state index in [-0.39, 0.29) is 29.6 Å². The number of nitriles is 2. The molecule has 1 rings (SSSR count). The molecule has 0 heterocycles. The first-order chi connectivity index (χ1) is 14.7. The lowest BCUT2D eigenvalue weighted by atomic mass is 9.70. The van der Waals surface area contributed by atoms with Crippen molar-refractivity contribution in [3.8, 4) is 12.1 Å². The molecule has 0 aromatic heterocycles. The van der Waals surface area contributed by atoms with Crippen LogP contribution in [0.2, 0.25) is 0 Å². The zero-order valence-corrected chi connectivity index (χ0v) is 19.0. The van der Waals surface area contributed by atoms with E-state index >= 15 is 0 Å². The first-order valence-corrected chi connectivity index (χ1v) is 12.0. The third-order valence-electron chi connectivity index (χ3n) is 5.90. The van der Waals surface area contributed by atoms with Crippen LogP contribution in [0, 0.1) is 46.3 Å². The Morgan fingerprint density at radius 1 is 0.933 bits per heavy atom. The molecule has 1 aliphatic rings. The number of carbonyl (C=O) groups excluding carboxylic acids is 1. The predicted molar refractivity (Wildman–Crippen MR) is 121 cm³/mol. The number of nitrogens with zero attached hydrogens (tertiary/aromatic N) is 2. The summed E-state index contributed by atoms with van der Waals surface area (Å²) in [4.78, 5) is 11.5. The van der Waals surface area contributed by atoms with Crippen molar-refractivity contribution >= 4 is 5.97 Å². The molecule has 0 aromatic rings. The molecule has 166 valence electrons. The number of unbranched alkanes of at least 4 members (excludes halogenated alkanes) is 7. The van der Waals surface area contributed by atoms with Gasteiger partial charge < -0.3 is 4.74 Å². The summed E-state index contributed by atoms with van der Waals surface area (Å²) >= 11 is 0. The minimum absolute atomic E-state index is 0.0521. The quantitative estimate of drug-likeness (QED) is 0.167. The van der Waals surface area contributed by atoms with E-state index in [0.717, 1.165) is 70.6 Å². The lowest BCUT2D eigenvalue weighted by molar-refractivity contribution is -0.143. The van der Waals surface area contributed by atoms with E-state index in [0.29, 0.717) is 13.0 Å². The molecule has 4 heteroatoms. The number of hydrogen-bond donors (Lipinski definition) is 0. The summed E-state index contributed by atoms with van der Waals surface area (Å²) in [6, 6.07) is 4.80. The summed E-state index contributed by atoms with van der Waals surface area (Å²) in [7, 11) is 0. The van der Waals surface area contributed by atoms with Crippen LogP contribution in [0.15, 0.2) is 24.3 Å². The highest BCUT2D eigenvalue weighted by Gasteiger charge is 2.35. The second kappa shape index (κ2) is 16.7. The van der Waals surface area contributed by atoms with Gasteiger partial charge in [-0.15, -0.1) is 0 Å². The van der Waals surface area contributed by atoms with Crippen molar-refractivity contribution in [2.24, 2.45) is 23.7 Å². The Labute approximate surface area is 184 Å². The van der Waals surface area contributed by atoms with Crippen LogP contribution in [-0.4, -0.2) is 12.6 Å². The Morgan fingerprint density at radius 3 is 2.33 bits per heavy atom. The average Bonchev–Trinajstić information content (AvgIpc) is 2.76. The highest BCUT2D eigenvalue weighted by molar-refractivity contribution is 5.69. The Balaban J connectivity index is 2.23. The Hall–Kier alpha value is -2.07. The second-order valence-corrected chi connectivity index (χ2v) is 8.39. The van der Waals surface area contributed by atoms with Crippen molar-refractivity contribution in [1.29, 1.82) is 10.5 Å². The van der Waals surface area contributed by atoms with Crippen LogP contribution in [0.4, 0.5) is 0 Å². The van der Waals surface area contributed by atoms with E-state index in [1.807, 2.05) is 0 Å². The summed E-state index contributed by atoms with van der Waals surface area (Å²) in [6.45, 7) is 4.80. The largest absolute Gasteiger partial charge is 0.466 e. The molecule has 4 unspecified atom stereocenters. The topological polar surface area (TPSA) is 73.9 Å². The highest BCUT2D eigenvalue weighted by atomic mass is 16.5. The predicted octanol–water partition coefficient (Wildman–Crippen LogP) is 6.89. The van der Waals surface area contributed by atoms with Gasteiger partial charge >= 0.3 is 5.97 Å². The van der Waals surface area contributed by atoms with Crippen LogP contribution in [-0.2, 0) is 9.53 Å². The SMILES string of the molecule is CCCCOC(=O)CCCCCCC/C=C/C1C=CC(CCCC)C(C#N)C1C#N. The lowest BCUT2D eigenvalue weighted by Crippen LogP contribution is -2.29. The molecule has 0 aromatic carbocycles. The van der Waals surface area contributed by atoms with Crippen molar-refractivity contribution in [3.05, 3.63) is 24.3 Å². The van der Waals surface area contributed by atoms with Crippen LogP contribution in [0.25, 0.3) is 0 Å². The van der Waals surface area contributed by atoms with Crippen molar-refractivity contribution in [2.75, 3.05) is 6.61 Å². The molecule has 0 saturated carbocycles. The third-order valence-corrected chi connectivity index (χ3v) is 5.90. The minimum Gasteiger partial charge on any atom is -0.466 e. The normalized spacial score (nSPS) is 23.2. The van der Waals surface area contributed by atoms with Gasteiger partial charge in [0.05, 0.1) is 30.6 Å². The fraction of sp³-hybridized carbons (Fsp3) is 0.731. The van der Waals surface area contributed by atoms with E-state index in [9.17, 15) is 15.3 Å². The van der Waals surface area contributed by atoms with Gasteiger partial charge in [-0.05, 0) is 38.0 Å². The summed E-state index contributed by atoms with van der Waals surface area (Å²) < 4.78 is 5.16. The van der Waals surface area contributed by atoms with Gasteiger partial charge in [0.1, 0.15) is 0 Å². The maximum atomic E-state index is 11.5. The minimum atomic E-state index is -0.241. The second-order valence-electron chi connectivity index (χ2n) is 8.39. The molecule has 4 nitrogen and oxygen atoms in total. The number of hydrogen-bond acceptors (Lipinski definition) is 4. The van der Waals surface area contributed by atoms with Gasteiger partial charge in [-0.1, -0.05) is 76.7 Å². The standard InChI is InChI=1S/C26H40N2O2/c1-3-5-14-22-17-18-23(25(21-28)24(22)20-27)15-12-10-8-7-9-11-13-16-26(29)30-19-6-4-2/h12,15,17-18,22-25H,3-11,13-14,16,19H2,1-2H3/b15-12+. The molecule has 0 radical (unpaired) electrons. The maximum absolute atomic E-state index is 11.5. The number of rotatable bonds is 15. The van der Waals surface area contributed by atoms with Gasteiger partial charge in [0.25, 0.3) is 0 Å². The first kappa shape index (κ1) is 26.0. The molecular formula is C26H40N2O2. The van der Waals surface area contributed by atoms with Gasteiger partial charge in [0, 0.05) is 12.3 Å². The molecule has 0 N–H and O–H groups in total. The van der Waals surface area contributed by atoms with E-state index < -0.39 is 0 Å². The molecule has 0 saturated heterocycles. The van der Waals surface area contributed by atoms with Gasteiger partial charge in [0.2, 0.25) is 0 Å². The first-order valence-electron chi connectivity index (χ1n) is 12.0. The average molecular weight is 413 g/mol. The fourth-order valence-electron chi connectivity index (χ4n) is 3.98. The monoisotopic (exact) mass is 412 g/mol. The molecule has 0 amide bonds. The van der Waals surface area contributed by atoms with Crippen molar-refractivity contribution in [1.82, 2.24) is 0 Å². The number of allylic oxidation sites excluding steroid dienone is 4. The molecule has 30 heavy (non-hydrogen) atoms. The lowest BCUT2D eigenvalue weighted by Gasteiger charge is -2.30. The molecule has 0 aliphatic heterocycles. The molecule has 0 bridgehead atoms. The van der Waals surface area contributed by atoms with Crippen LogP contribution in [0.3, 0.4) is 0 Å². The van der Waals surface area contributed by atoms with Crippen molar-refractivity contribution in [3.63, 3.8) is 0 Å². The van der Waals surface area contributed by atoms with Gasteiger partial charge in [-0.2, -0.15) is 10.5 Å². The smallest absolute Gasteiger partial charge is 0.305 e. The van der Waals surface area contributed by atoms with Crippen LogP contribution >= 0.6 is 0 Å². The molecule has 0 spiro atoms. The van der Waals surface area contributed by atoms with Crippen LogP contribution in [0.5, 0.6) is 0 Å². The molecule has 0 fully saturated rings. The van der Waals surface area contributed by atoms with E-state index in [4.69, 9.17) is 4.74 Å². The van der Waals surface area contributed by atoms with Crippen molar-refractivity contribution in [2.45, 2.75) is 90.9 Å². The van der Waals surface area contributed by atoms with Crippen molar-refractivity contribution < 1.29 is 9.53 Å². The van der Waals surface area contributed by atoms with Crippen LogP contribution < -0.4 is 0 Å². The van der Waals surface area contributed by atoms with Gasteiger partial charge in [0.15, 0.2) is 0 Å². The number of carbonyl (C=O) groups is 1. The molecule has 4 atom stereocenters. The van der Waals surface area contributed by atoms with E-state index in [1.165, 1.54) is 0 Å². The molecular weight excluding hydrogens is 372 g/mol. The van der Waals surface area contributed by atoms with E-state index in [1.54, 1.807) is 0 Å². The zero-order chi connectivity index (χ0) is 22.0. The number of esters is 1. The van der Waals surface area contributed by atoms with Gasteiger partial charge in [-0.25, -0.2) is 0 Å². The Morgan fingerprint density at radius 2 is 1.63 bits per heavy atom. The zero-order valence-electron chi connectivity index (χ0n) is 19.0. The summed E-state index contributed by atoms with van der Waals surface area (Å²) in [5.41, 5.74) is 0.